The van der Waals surface area contributed by atoms with Crippen LogP contribution < -0.4 is 0 Å². The smallest absolute Gasteiger partial charge is 0.149 e. The largest absolute Gasteiger partial charge is 0.390 e. The lowest BCUT2D eigenvalue weighted by Crippen LogP contribution is -2.70. The van der Waals surface area contributed by atoms with Gasteiger partial charge in [0.05, 0.1) is 23.9 Å². The van der Waals surface area contributed by atoms with Gasteiger partial charge >= 0.3 is 0 Å². The molecule has 4 rings (SSSR count). The molecule has 4 aliphatic rings. The average Bonchev–Trinajstić information content (AvgIpc) is 2.75. The molecule has 3 fully saturated rings. The van der Waals surface area contributed by atoms with Gasteiger partial charge in [0, 0.05) is 16.7 Å². The summed E-state index contributed by atoms with van der Waals surface area (Å²) >= 11 is 0. The van der Waals surface area contributed by atoms with Gasteiger partial charge in [-0.25, -0.2) is 4.39 Å². The van der Waals surface area contributed by atoms with Gasteiger partial charge in [0.25, 0.3) is 0 Å². The van der Waals surface area contributed by atoms with Gasteiger partial charge in [0.15, 0.2) is 0 Å². The average molecular weight is 354 g/mol. The zero-order chi connectivity index (χ0) is 18.4. The summed E-state index contributed by atoms with van der Waals surface area (Å²) in [7, 11) is 0. The normalized spacial score (nSPS) is 61.1. The van der Waals surface area contributed by atoms with Crippen LogP contribution in [0.5, 0.6) is 0 Å². The Morgan fingerprint density at radius 3 is 2.40 bits per heavy atom. The first-order valence-corrected chi connectivity index (χ1v) is 9.65. The fourth-order valence-electron chi connectivity index (χ4n) is 6.97. The molecule has 0 aromatic carbocycles. The van der Waals surface area contributed by atoms with Crippen molar-refractivity contribution in [2.24, 2.45) is 22.7 Å². The van der Waals surface area contributed by atoms with Crippen LogP contribution in [0.15, 0.2) is 11.6 Å². The van der Waals surface area contributed by atoms with Crippen molar-refractivity contribution in [3.63, 3.8) is 0 Å². The standard InChI is InChI=1S/C20H31FO4/c1-17-6-4-11(22)8-14(17)15(23)9-13-12-5-7-19(3,25)18(12,2)10-16(24)20(13,17)21/h8,11-13,15-16,22-25H,4-7,9-10H2,1-3H3. The molecule has 0 aromatic heterocycles. The van der Waals surface area contributed by atoms with Crippen LogP contribution in [0.3, 0.4) is 0 Å². The van der Waals surface area contributed by atoms with E-state index in [-0.39, 0.29) is 18.8 Å². The zero-order valence-electron chi connectivity index (χ0n) is 15.4. The van der Waals surface area contributed by atoms with E-state index in [0.29, 0.717) is 24.8 Å². The highest BCUT2D eigenvalue weighted by Gasteiger charge is 2.73. The fourth-order valence-corrected chi connectivity index (χ4v) is 6.97. The fraction of sp³-hybridized carbons (Fsp3) is 0.900. The van der Waals surface area contributed by atoms with Crippen molar-refractivity contribution in [3.05, 3.63) is 11.6 Å². The molecule has 0 amide bonds. The first kappa shape index (κ1) is 17.9. The summed E-state index contributed by atoms with van der Waals surface area (Å²) in [6.07, 6.45) is 1.63. The monoisotopic (exact) mass is 354 g/mol. The van der Waals surface area contributed by atoms with Crippen LogP contribution in [0.2, 0.25) is 0 Å². The summed E-state index contributed by atoms with van der Waals surface area (Å²) in [6.45, 7) is 5.57. The number of hydrogen-bond donors (Lipinski definition) is 4. The lowest BCUT2D eigenvalue weighted by Gasteiger charge is -2.64. The highest BCUT2D eigenvalue weighted by molar-refractivity contribution is 5.35. The van der Waals surface area contributed by atoms with Crippen molar-refractivity contribution >= 4 is 0 Å². The Morgan fingerprint density at radius 2 is 1.72 bits per heavy atom. The molecule has 5 heteroatoms. The molecule has 142 valence electrons. The van der Waals surface area contributed by atoms with Gasteiger partial charge in [-0.15, -0.1) is 0 Å². The number of alkyl halides is 1. The van der Waals surface area contributed by atoms with Gasteiger partial charge in [-0.3, -0.25) is 0 Å². The third kappa shape index (κ3) is 1.96. The molecule has 9 unspecified atom stereocenters. The van der Waals surface area contributed by atoms with Crippen LogP contribution >= 0.6 is 0 Å². The van der Waals surface area contributed by atoms with Crippen molar-refractivity contribution in [2.75, 3.05) is 0 Å². The van der Waals surface area contributed by atoms with Crippen LogP contribution in [-0.2, 0) is 0 Å². The van der Waals surface area contributed by atoms with Crippen molar-refractivity contribution < 1.29 is 24.8 Å². The van der Waals surface area contributed by atoms with E-state index in [4.69, 9.17) is 0 Å². The Kier molecular flexibility index (Phi) is 3.62. The summed E-state index contributed by atoms with van der Waals surface area (Å²) in [5.41, 5.74) is -3.72. The zero-order valence-corrected chi connectivity index (χ0v) is 15.4. The second kappa shape index (κ2) is 5.06. The number of aliphatic hydroxyl groups is 4. The van der Waals surface area contributed by atoms with Crippen molar-refractivity contribution in [2.45, 2.75) is 88.9 Å². The second-order valence-electron chi connectivity index (χ2n) is 9.74. The van der Waals surface area contributed by atoms with Crippen LogP contribution in [0.1, 0.15) is 59.3 Å². The molecule has 0 radical (unpaired) electrons. The van der Waals surface area contributed by atoms with E-state index >= 15 is 4.39 Å². The molecule has 4 aliphatic carbocycles. The summed E-state index contributed by atoms with van der Waals surface area (Å²) in [5.74, 6) is -0.543. The lowest BCUT2D eigenvalue weighted by atomic mass is 9.43. The lowest BCUT2D eigenvalue weighted by molar-refractivity contribution is -0.235. The van der Waals surface area contributed by atoms with Gasteiger partial charge in [0.2, 0.25) is 0 Å². The maximum Gasteiger partial charge on any atom is 0.149 e. The quantitative estimate of drug-likeness (QED) is 0.502. The first-order chi connectivity index (χ1) is 11.5. The van der Waals surface area contributed by atoms with Crippen LogP contribution in [0, 0.1) is 22.7 Å². The molecule has 0 aromatic rings. The molecule has 0 bridgehead atoms. The van der Waals surface area contributed by atoms with Crippen LogP contribution in [0.4, 0.5) is 4.39 Å². The van der Waals surface area contributed by atoms with Gasteiger partial charge in [-0.05, 0) is 56.9 Å². The number of halogens is 1. The third-order valence-electron chi connectivity index (χ3n) is 8.75. The molecule has 9 atom stereocenters. The third-order valence-corrected chi connectivity index (χ3v) is 8.75. The highest BCUT2D eigenvalue weighted by atomic mass is 19.1. The van der Waals surface area contributed by atoms with Crippen molar-refractivity contribution in [3.8, 4) is 0 Å². The maximum absolute atomic E-state index is 16.7. The van der Waals surface area contributed by atoms with Gasteiger partial charge < -0.3 is 20.4 Å². The Balaban J connectivity index is 1.84. The first-order valence-electron chi connectivity index (χ1n) is 9.65. The molecule has 0 saturated heterocycles. The minimum absolute atomic E-state index is 0.0595. The minimum atomic E-state index is -1.83. The number of fused-ring (bicyclic) bond motifs is 5. The Bertz CT molecular complexity index is 619. The van der Waals surface area contributed by atoms with E-state index in [9.17, 15) is 20.4 Å². The Hall–Kier alpha value is -0.490. The van der Waals surface area contributed by atoms with E-state index in [1.165, 1.54) is 0 Å². The Morgan fingerprint density at radius 1 is 1.04 bits per heavy atom. The van der Waals surface area contributed by atoms with Crippen molar-refractivity contribution in [1.29, 1.82) is 0 Å². The second-order valence-corrected chi connectivity index (χ2v) is 9.74. The summed E-state index contributed by atoms with van der Waals surface area (Å²) < 4.78 is 16.7. The Labute approximate surface area is 148 Å². The molecular formula is C20H31FO4. The van der Waals surface area contributed by atoms with E-state index in [0.717, 1.165) is 6.42 Å². The van der Waals surface area contributed by atoms with Gasteiger partial charge in [-0.2, -0.15) is 0 Å². The molecule has 0 aliphatic heterocycles. The number of aliphatic hydroxyl groups excluding tert-OH is 3. The molecule has 4 nitrogen and oxygen atoms in total. The van der Waals surface area contributed by atoms with E-state index in [1.54, 1.807) is 19.9 Å². The predicted octanol–water partition coefficient (Wildman–Crippen LogP) is 2.09. The van der Waals surface area contributed by atoms with Gasteiger partial charge in [-0.1, -0.05) is 19.9 Å². The summed E-state index contributed by atoms with van der Waals surface area (Å²) in [6, 6.07) is 0. The SMILES string of the molecule is CC1(O)CCC2C3CC(O)C4=CC(O)CCC4(C)C3(F)C(O)CC21C. The molecular weight excluding hydrogens is 323 g/mol. The number of hydrogen-bond acceptors (Lipinski definition) is 4. The molecule has 4 N–H and O–H groups in total. The van der Waals surface area contributed by atoms with E-state index < -0.39 is 46.3 Å². The highest BCUT2D eigenvalue weighted by Crippen LogP contribution is 2.70. The minimum Gasteiger partial charge on any atom is -0.390 e. The molecule has 0 heterocycles. The molecule has 3 saturated carbocycles. The van der Waals surface area contributed by atoms with Crippen LogP contribution in [-0.4, -0.2) is 50.0 Å². The topological polar surface area (TPSA) is 80.9 Å². The summed E-state index contributed by atoms with van der Waals surface area (Å²) in [4.78, 5) is 0. The van der Waals surface area contributed by atoms with E-state index in [1.807, 2.05) is 6.92 Å². The van der Waals surface area contributed by atoms with E-state index in [2.05, 4.69) is 0 Å². The van der Waals surface area contributed by atoms with Crippen molar-refractivity contribution in [1.82, 2.24) is 0 Å². The van der Waals surface area contributed by atoms with Gasteiger partial charge in [0.1, 0.15) is 5.67 Å². The number of rotatable bonds is 0. The predicted molar refractivity (Wildman–Crippen MR) is 91.5 cm³/mol. The molecule has 0 spiro atoms. The maximum atomic E-state index is 16.7. The van der Waals surface area contributed by atoms with Crippen LogP contribution in [0.25, 0.3) is 0 Å². The molecule has 25 heavy (non-hydrogen) atoms. The summed E-state index contributed by atoms with van der Waals surface area (Å²) in [5, 5.41) is 42.7.